The highest BCUT2D eigenvalue weighted by molar-refractivity contribution is 6.32. The summed E-state index contributed by atoms with van der Waals surface area (Å²) in [6.45, 7) is 2.59. The number of urea groups is 1. The number of ether oxygens (including phenoxy) is 2. The minimum Gasteiger partial charge on any atom is -0.496 e. The van der Waals surface area contributed by atoms with Gasteiger partial charge in [-0.05, 0) is 36.2 Å². The molecule has 0 spiro atoms. The second kappa shape index (κ2) is 9.96. The number of amides is 2. The lowest BCUT2D eigenvalue weighted by molar-refractivity contribution is 0.0600. The highest BCUT2D eigenvalue weighted by Crippen LogP contribution is 2.40. The standard InChI is InChI=1S/C24H28ClN3O4/c1-14(17-8-7-16(23(29)32-5)13-20(17)31-4)21-18-12-15(6-9-19(18)27-22(21)25)10-11-26-24(30)28(2)3/h6-9,12-14,27H,10-11H2,1-5H3,(H,26,30). The van der Waals surface area contributed by atoms with E-state index in [-0.39, 0.29) is 11.9 Å². The molecule has 32 heavy (non-hydrogen) atoms. The smallest absolute Gasteiger partial charge is 0.337 e. The van der Waals surface area contributed by atoms with Crippen molar-refractivity contribution in [3.8, 4) is 5.75 Å². The van der Waals surface area contributed by atoms with Crippen molar-refractivity contribution in [1.29, 1.82) is 0 Å². The largest absolute Gasteiger partial charge is 0.496 e. The van der Waals surface area contributed by atoms with E-state index in [1.54, 1.807) is 33.3 Å². The van der Waals surface area contributed by atoms with E-state index in [1.165, 1.54) is 12.0 Å². The van der Waals surface area contributed by atoms with Crippen LogP contribution >= 0.6 is 11.6 Å². The van der Waals surface area contributed by atoms with Crippen LogP contribution in [0.25, 0.3) is 10.9 Å². The normalized spacial score (nSPS) is 11.8. The molecule has 0 saturated heterocycles. The van der Waals surface area contributed by atoms with E-state index < -0.39 is 5.97 Å². The summed E-state index contributed by atoms with van der Waals surface area (Å²) in [5.74, 6) is 0.0774. The highest BCUT2D eigenvalue weighted by Gasteiger charge is 2.22. The molecule has 0 saturated carbocycles. The molecule has 3 aromatic rings. The molecule has 2 amide bonds. The minimum atomic E-state index is -0.418. The molecule has 0 aliphatic heterocycles. The Hall–Kier alpha value is -3.19. The summed E-state index contributed by atoms with van der Waals surface area (Å²) in [7, 11) is 6.34. The van der Waals surface area contributed by atoms with Gasteiger partial charge in [0.2, 0.25) is 0 Å². The number of hydrogen-bond acceptors (Lipinski definition) is 4. The van der Waals surface area contributed by atoms with Crippen molar-refractivity contribution >= 4 is 34.5 Å². The summed E-state index contributed by atoms with van der Waals surface area (Å²) < 4.78 is 10.4. The quantitative estimate of drug-likeness (QED) is 0.508. The van der Waals surface area contributed by atoms with Gasteiger partial charge in [0, 0.05) is 48.6 Å². The Bertz CT molecular complexity index is 1140. The number of aromatic nitrogens is 1. The number of nitrogens with zero attached hydrogens (tertiary/aromatic N) is 1. The van der Waals surface area contributed by atoms with E-state index in [0.717, 1.165) is 27.6 Å². The number of hydrogen-bond donors (Lipinski definition) is 2. The zero-order valence-electron chi connectivity index (χ0n) is 18.9. The zero-order valence-corrected chi connectivity index (χ0v) is 19.7. The summed E-state index contributed by atoms with van der Waals surface area (Å²) >= 11 is 6.61. The van der Waals surface area contributed by atoms with E-state index in [1.807, 2.05) is 25.1 Å². The molecule has 170 valence electrons. The molecule has 7 nitrogen and oxygen atoms in total. The lowest BCUT2D eigenvalue weighted by atomic mass is 9.90. The van der Waals surface area contributed by atoms with Crippen LogP contribution in [0.5, 0.6) is 5.75 Å². The van der Waals surface area contributed by atoms with Crippen LogP contribution in [0.3, 0.4) is 0 Å². The number of rotatable bonds is 7. The Morgan fingerprint density at radius 2 is 1.91 bits per heavy atom. The fourth-order valence-electron chi connectivity index (χ4n) is 3.75. The van der Waals surface area contributed by atoms with Gasteiger partial charge in [-0.1, -0.05) is 30.7 Å². The maximum atomic E-state index is 11.9. The Kier molecular flexibility index (Phi) is 7.30. The summed E-state index contributed by atoms with van der Waals surface area (Å²) in [5.41, 5.74) is 4.31. The van der Waals surface area contributed by atoms with E-state index in [4.69, 9.17) is 21.1 Å². The van der Waals surface area contributed by atoms with Crippen molar-refractivity contribution in [2.45, 2.75) is 19.3 Å². The van der Waals surface area contributed by atoms with Gasteiger partial charge in [-0.15, -0.1) is 0 Å². The van der Waals surface area contributed by atoms with Gasteiger partial charge < -0.3 is 24.7 Å². The van der Waals surface area contributed by atoms with Crippen molar-refractivity contribution in [2.75, 3.05) is 34.9 Å². The minimum absolute atomic E-state index is 0.0957. The lowest BCUT2D eigenvalue weighted by Crippen LogP contribution is -2.35. The first-order chi connectivity index (χ1) is 15.3. The first-order valence-corrected chi connectivity index (χ1v) is 10.7. The molecule has 0 aliphatic carbocycles. The SMILES string of the molecule is COC(=O)c1ccc(C(C)c2c(Cl)[nH]c3ccc(CCNC(=O)N(C)C)cc23)c(OC)c1. The number of aromatic amines is 1. The van der Waals surface area contributed by atoms with Gasteiger partial charge in [0.15, 0.2) is 0 Å². The highest BCUT2D eigenvalue weighted by atomic mass is 35.5. The molecule has 2 N–H and O–H groups in total. The molecule has 3 rings (SSSR count). The van der Waals surface area contributed by atoms with Crippen LogP contribution in [-0.4, -0.2) is 56.7 Å². The summed E-state index contributed by atoms with van der Waals surface area (Å²) in [4.78, 5) is 28.4. The molecule has 0 bridgehead atoms. The molecule has 0 aliphatic rings. The molecule has 1 heterocycles. The fraction of sp³-hybridized carbons (Fsp3) is 0.333. The monoisotopic (exact) mass is 457 g/mol. The average Bonchev–Trinajstić information content (AvgIpc) is 3.12. The second-order valence-electron chi connectivity index (χ2n) is 7.78. The molecular formula is C24H28ClN3O4. The zero-order chi connectivity index (χ0) is 23.4. The van der Waals surface area contributed by atoms with Crippen LogP contribution in [-0.2, 0) is 11.2 Å². The van der Waals surface area contributed by atoms with Gasteiger partial charge in [0.05, 0.1) is 19.8 Å². The summed E-state index contributed by atoms with van der Waals surface area (Å²) in [6.07, 6.45) is 0.698. The Labute approximate surface area is 192 Å². The van der Waals surface area contributed by atoms with Gasteiger partial charge in [-0.2, -0.15) is 0 Å². The molecular weight excluding hydrogens is 430 g/mol. The van der Waals surface area contributed by atoms with Crippen molar-refractivity contribution < 1.29 is 19.1 Å². The molecule has 1 aromatic heterocycles. The molecule has 1 atom stereocenters. The van der Waals surface area contributed by atoms with E-state index >= 15 is 0 Å². The van der Waals surface area contributed by atoms with Gasteiger partial charge in [-0.25, -0.2) is 9.59 Å². The van der Waals surface area contributed by atoms with Crippen molar-refractivity contribution in [3.63, 3.8) is 0 Å². The van der Waals surface area contributed by atoms with Gasteiger partial charge in [0.25, 0.3) is 0 Å². The van der Waals surface area contributed by atoms with Crippen molar-refractivity contribution in [2.24, 2.45) is 0 Å². The number of halogens is 1. The van der Waals surface area contributed by atoms with Crippen molar-refractivity contribution in [1.82, 2.24) is 15.2 Å². The number of benzene rings is 2. The number of methoxy groups -OCH3 is 2. The number of H-pyrrole nitrogens is 1. The third kappa shape index (κ3) is 4.83. The van der Waals surface area contributed by atoms with Crippen LogP contribution < -0.4 is 10.1 Å². The van der Waals surface area contributed by atoms with E-state index in [9.17, 15) is 9.59 Å². The predicted molar refractivity (Wildman–Crippen MR) is 126 cm³/mol. The van der Waals surface area contributed by atoms with Crippen LogP contribution in [0.4, 0.5) is 4.79 Å². The third-order valence-electron chi connectivity index (χ3n) is 5.51. The number of nitrogens with one attached hydrogen (secondary N) is 2. The van der Waals surface area contributed by atoms with Crippen LogP contribution in [0.1, 0.15) is 39.9 Å². The molecule has 1 unspecified atom stereocenters. The molecule has 8 heteroatoms. The van der Waals surface area contributed by atoms with E-state index in [2.05, 4.69) is 16.4 Å². The molecule has 2 aromatic carbocycles. The molecule has 0 radical (unpaired) electrons. The lowest BCUT2D eigenvalue weighted by Gasteiger charge is -2.17. The first kappa shape index (κ1) is 23.5. The predicted octanol–water partition coefficient (Wildman–Crippen LogP) is 4.58. The fourth-order valence-corrected chi connectivity index (χ4v) is 4.11. The number of carbonyl (C=O) groups is 2. The summed E-state index contributed by atoms with van der Waals surface area (Å²) in [5, 5.41) is 4.45. The van der Waals surface area contributed by atoms with Gasteiger partial charge in [0.1, 0.15) is 10.9 Å². The van der Waals surface area contributed by atoms with Crippen LogP contribution in [0, 0.1) is 0 Å². The topological polar surface area (TPSA) is 83.7 Å². The maximum absolute atomic E-state index is 11.9. The van der Waals surface area contributed by atoms with Crippen molar-refractivity contribution in [3.05, 3.63) is 63.8 Å². The number of carbonyl (C=O) groups excluding carboxylic acids is 2. The van der Waals surface area contributed by atoms with Gasteiger partial charge in [-0.3, -0.25) is 0 Å². The summed E-state index contributed by atoms with van der Waals surface area (Å²) in [6, 6.07) is 11.3. The third-order valence-corrected chi connectivity index (χ3v) is 5.80. The first-order valence-electron chi connectivity index (χ1n) is 10.3. The average molecular weight is 458 g/mol. The van der Waals surface area contributed by atoms with E-state index in [0.29, 0.717) is 29.4 Å². The molecule has 0 fully saturated rings. The van der Waals surface area contributed by atoms with Crippen LogP contribution in [0.15, 0.2) is 36.4 Å². The van der Waals surface area contributed by atoms with Gasteiger partial charge >= 0.3 is 12.0 Å². The number of fused-ring (bicyclic) bond motifs is 1. The Balaban J connectivity index is 1.93. The number of esters is 1. The van der Waals surface area contributed by atoms with Crippen LogP contribution in [0.2, 0.25) is 5.15 Å². The second-order valence-corrected chi connectivity index (χ2v) is 8.16. The Morgan fingerprint density at radius 1 is 1.16 bits per heavy atom. The maximum Gasteiger partial charge on any atom is 0.337 e. The Morgan fingerprint density at radius 3 is 2.56 bits per heavy atom.